The normalized spacial score (nSPS) is 19.2. The maximum Gasteiger partial charge on any atom is 0.129 e. The van der Waals surface area contributed by atoms with Crippen LogP contribution in [0.5, 0.6) is 0 Å². The zero-order valence-electron chi connectivity index (χ0n) is 11.8. The Morgan fingerprint density at radius 3 is 2.70 bits per heavy atom. The van der Waals surface area contributed by atoms with Crippen molar-refractivity contribution in [3.63, 3.8) is 0 Å². The highest BCUT2D eigenvalue weighted by molar-refractivity contribution is 5.21. The van der Waals surface area contributed by atoms with Crippen molar-refractivity contribution >= 4 is 0 Å². The molecule has 1 heterocycles. The molecule has 1 aliphatic heterocycles. The predicted octanol–water partition coefficient (Wildman–Crippen LogP) is 2.07. The summed E-state index contributed by atoms with van der Waals surface area (Å²) < 4.78 is 26.6. The van der Waals surface area contributed by atoms with Gasteiger partial charge in [0.1, 0.15) is 11.6 Å². The minimum atomic E-state index is -1.04. The van der Waals surface area contributed by atoms with Crippen molar-refractivity contribution in [1.29, 1.82) is 0 Å². The molecule has 0 bridgehead atoms. The molecule has 0 spiro atoms. The van der Waals surface area contributed by atoms with Gasteiger partial charge in [0.2, 0.25) is 0 Å². The van der Waals surface area contributed by atoms with Gasteiger partial charge in [-0.05, 0) is 51.1 Å². The molecule has 2 unspecified atom stereocenters. The summed E-state index contributed by atoms with van der Waals surface area (Å²) in [6, 6.07) is 3.35. The number of benzene rings is 1. The van der Waals surface area contributed by atoms with E-state index in [0.29, 0.717) is 0 Å². The zero-order valence-corrected chi connectivity index (χ0v) is 11.8. The summed E-state index contributed by atoms with van der Waals surface area (Å²) in [6.07, 6.45) is 1.44. The van der Waals surface area contributed by atoms with Gasteiger partial charge in [-0.2, -0.15) is 0 Å². The summed E-state index contributed by atoms with van der Waals surface area (Å²) in [6.45, 7) is 5.40. The SMILES string of the molecule is CC(CN1CCCC1)NCC(O)c1cc(F)ccc1F. The van der Waals surface area contributed by atoms with Gasteiger partial charge in [-0.1, -0.05) is 0 Å². The molecular formula is C15H22F2N2O. The molecule has 1 fully saturated rings. The zero-order chi connectivity index (χ0) is 14.5. The molecule has 112 valence electrons. The number of hydrogen-bond acceptors (Lipinski definition) is 3. The number of nitrogens with zero attached hydrogens (tertiary/aromatic N) is 1. The molecule has 2 atom stereocenters. The number of likely N-dealkylation sites (tertiary alicyclic amines) is 1. The molecule has 2 rings (SSSR count). The number of rotatable bonds is 6. The first-order valence-electron chi connectivity index (χ1n) is 7.15. The highest BCUT2D eigenvalue weighted by Crippen LogP contribution is 2.18. The van der Waals surface area contributed by atoms with Crippen LogP contribution in [0.1, 0.15) is 31.4 Å². The van der Waals surface area contributed by atoms with Gasteiger partial charge in [0, 0.05) is 24.7 Å². The molecule has 1 saturated heterocycles. The fraction of sp³-hybridized carbons (Fsp3) is 0.600. The largest absolute Gasteiger partial charge is 0.387 e. The van der Waals surface area contributed by atoms with Gasteiger partial charge in [0.15, 0.2) is 0 Å². The van der Waals surface area contributed by atoms with E-state index >= 15 is 0 Å². The Morgan fingerprint density at radius 1 is 1.30 bits per heavy atom. The number of nitrogens with one attached hydrogen (secondary N) is 1. The molecule has 1 aromatic rings. The monoisotopic (exact) mass is 284 g/mol. The molecule has 0 aliphatic carbocycles. The predicted molar refractivity (Wildman–Crippen MR) is 74.5 cm³/mol. The van der Waals surface area contributed by atoms with Crippen LogP contribution in [0.2, 0.25) is 0 Å². The third kappa shape index (κ3) is 4.23. The molecular weight excluding hydrogens is 262 g/mol. The molecule has 0 saturated carbocycles. The first kappa shape index (κ1) is 15.4. The average Bonchev–Trinajstić information content (AvgIpc) is 2.91. The summed E-state index contributed by atoms with van der Waals surface area (Å²) >= 11 is 0. The second-order valence-electron chi connectivity index (χ2n) is 5.50. The van der Waals surface area contributed by atoms with Crippen LogP contribution in [0, 0.1) is 11.6 Å². The van der Waals surface area contributed by atoms with E-state index in [0.717, 1.165) is 37.8 Å². The minimum absolute atomic E-state index is 0.00544. The number of hydrogen-bond donors (Lipinski definition) is 2. The van der Waals surface area contributed by atoms with Gasteiger partial charge in [-0.15, -0.1) is 0 Å². The molecule has 0 amide bonds. The van der Waals surface area contributed by atoms with Crippen LogP contribution in [-0.2, 0) is 0 Å². The van der Waals surface area contributed by atoms with Crippen LogP contribution >= 0.6 is 0 Å². The summed E-state index contributed by atoms with van der Waals surface area (Å²) in [5, 5.41) is 13.1. The number of halogens is 2. The molecule has 3 nitrogen and oxygen atoms in total. The van der Waals surface area contributed by atoms with Crippen LogP contribution in [0.4, 0.5) is 8.78 Å². The Kier molecular flexibility index (Phi) is 5.46. The van der Waals surface area contributed by atoms with Crippen molar-refractivity contribution in [1.82, 2.24) is 10.2 Å². The standard InChI is InChI=1S/C15H22F2N2O/c1-11(10-19-6-2-3-7-19)18-9-15(20)13-8-12(16)4-5-14(13)17/h4-5,8,11,15,18,20H,2-3,6-7,9-10H2,1H3. The van der Waals surface area contributed by atoms with Gasteiger partial charge in [-0.25, -0.2) is 8.78 Å². The van der Waals surface area contributed by atoms with Crippen molar-refractivity contribution < 1.29 is 13.9 Å². The van der Waals surface area contributed by atoms with E-state index in [9.17, 15) is 13.9 Å². The molecule has 1 aliphatic rings. The topological polar surface area (TPSA) is 35.5 Å². The van der Waals surface area contributed by atoms with Crippen molar-refractivity contribution in [2.75, 3.05) is 26.2 Å². The smallest absolute Gasteiger partial charge is 0.129 e. The van der Waals surface area contributed by atoms with Crippen LogP contribution in [-0.4, -0.2) is 42.2 Å². The van der Waals surface area contributed by atoms with Crippen LogP contribution in [0.3, 0.4) is 0 Å². The summed E-state index contributed by atoms with van der Waals surface area (Å²) in [5.74, 6) is -1.11. The van der Waals surface area contributed by atoms with Crippen molar-refractivity contribution in [3.8, 4) is 0 Å². The van der Waals surface area contributed by atoms with E-state index in [1.165, 1.54) is 12.8 Å². The summed E-state index contributed by atoms with van der Waals surface area (Å²) in [5.41, 5.74) is 0.00544. The number of aliphatic hydroxyl groups is 1. The van der Waals surface area contributed by atoms with E-state index in [2.05, 4.69) is 10.2 Å². The Balaban J connectivity index is 1.81. The van der Waals surface area contributed by atoms with Gasteiger partial charge in [0.05, 0.1) is 6.10 Å². The molecule has 0 aromatic heterocycles. The van der Waals surface area contributed by atoms with E-state index < -0.39 is 17.7 Å². The first-order valence-corrected chi connectivity index (χ1v) is 7.15. The van der Waals surface area contributed by atoms with Crippen LogP contribution in [0.25, 0.3) is 0 Å². The average molecular weight is 284 g/mol. The Hall–Kier alpha value is -1.04. The van der Waals surface area contributed by atoms with Crippen molar-refractivity contribution in [3.05, 3.63) is 35.4 Å². The lowest BCUT2D eigenvalue weighted by Crippen LogP contribution is -2.39. The summed E-state index contributed by atoms with van der Waals surface area (Å²) in [4.78, 5) is 2.37. The van der Waals surface area contributed by atoms with Gasteiger partial charge < -0.3 is 15.3 Å². The fourth-order valence-corrected chi connectivity index (χ4v) is 2.61. The van der Waals surface area contributed by atoms with Crippen molar-refractivity contribution in [2.45, 2.75) is 31.9 Å². The molecule has 0 radical (unpaired) electrons. The Morgan fingerprint density at radius 2 is 2.00 bits per heavy atom. The molecule has 5 heteroatoms. The molecule has 20 heavy (non-hydrogen) atoms. The second kappa shape index (κ2) is 7.11. The summed E-state index contributed by atoms with van der Waals surface area (Å²) in [7, 11) is 0. The lowest BCUT2D eigenvalue weighted by molar-refractivity contribution is 0.161. The van der Waals surface area contributed by atoms with E-state index in [4.69, 9.17) is 0 Å². The molecule has 1 aromatic carbocycles. The maximum atomic E-state index is 13.5. The third-order valence-electron chi connectivity index (χ3n) is 3.71. The first-order chi connectivity index (χ1) is 9.56. The Labute approximate surface area is 118 Å². The molecule has 2 N–H and O–H groups in total. The fourth-order valence-electron chi connectivity index (χ4n) is 2.61. The maximum absolute atomic E-state index is 13.5. The second-order valence-corrected chi connectivity index (χ2v) is 5.50. The third-order valence-corrected chi connectivity index (χ3v) is 3.71. The van der Waals surface area contributed by atoms with Crippen LogP contribution < -0.4 is 5.32 Å². The lowest BCUT2D eigenvalue weighted by Gasteiger charge is -2.22. The number of aliphatic hydroxyl groups excluding tert-OH is 1. The Bertz CT molecular complexity index is 436. The van der Waals surface area contributed by atoms with Crippen LogP contribution in [0.15, 0.2) is 18.2 Å². The quantitative estimate of drug-likeness (QED) is 0.839. The lowest BCUT2D eigenvalue weighted by atomic mass is 10.1. The van der Waals surface area contributed by atoms with E-state index in [1.807, 2.05) is 6.92 Å². The highest BCUT2D eigenvalue weighted by atomic mass is 19.1. The van der Waals surface area contributed by atoms with E-state index in [-0.39, 0.29) is 18.2 Å². The van der Waals surface area contributed by atoms with E-state index in [1.54, 1.807) is 0 Å². The van der Waals surface area contributed by atoms with Crippen molar-refractivity contribution in [2.24, 2.45) is 0 Å². The van der Waals surface area contributed by atoms with Gasteiger partial charge in [0.25, 0.3) is 0 Å². The minimum Gasteiger partial charge on any atom is -0.387 e. The highest BCUT2D eigenvalue weighted by Gasteiger charge is 2.17. The van der Waals surface area contributed by atoms with Gasteiger partial charge >= 0.3 is 0 Å². The van der Waals surface area contributed by atoms with Gasteiger partial charge in [-0.3, -0.25) is 0 Å².